The maximum Gasteiger partial charge on any atom is 0.145 e. The SMILES string of the molecule is CNC(Cc1cccc(F)c1)c1ncc(C)cn1. The Morgan fingerprint density at radius 3 is 2.61 bits per heavy atom. The molecule has 18 heavy (non-hydrogen) atoms. The number of hydrogen-bond donors (Lipinski definition) is 1. The van der Waals surface area contributed by atoms with Gasteiger partial charge in [-0.2, -0.15) is 0 Å². The first-order chi connectivity index (χ1) is 8.69. The number of nitrogens with zero attached hydrogens (tertiary/aromatic N) is 2. The predicted molar refractivity (Wildman–Crippen MR) is 68.7 cm³/mol. The van der Waals surface area contributed by atoms with Gasteiger partial charge in [0.15, 0.2) is 0 Å². The van der Waals surface area contributed by atoms with Crippen molar-refractivity contribution in [2.45, 2.75) is 19.4 Å². The molecule has 0 aliphatic rings. The number of halogens is 1. The Morgan fingerprint density at radius 1 is 1.28 bits per heavy atom. The quantitative estimate of drug-likeness (QED) is 0.899. The van der Waals surface area contributed by atoms with E-state index >= 15 is 0 Å². The smallest absolute Gasteiger partial charge is 0.145 e. The summed E-state index contributed by atoms with van der Waals surface area (Å²) in [7, 11) is 1.85. The van der Waals surface area contributed by atoms with Crippen LogP contribution in [0.2, 0.25) is 0 Å². The Balaban J connectivity index is 2.17. The van der Waals surface area contributed by atoms with Crippen molar-refractivity contribution in [2.75, 3.05) is 7.05 Å². The molecule has 1 unspecified atom stereocenters. The average molecular weight is 245 g/mol. The van der Waals surface area contributed by atoms with Crippen LogP contribution in [0.4, 0.5) is 4.39 Å². The van der Waals surface area contributed by atoms with Crippen LogP contribution in [0, 0.1) is 12.7 Å². The van der Waals surface area contributed by atoms with Gasteiger partial charge in [-0.3, -0.25) is 0 Å². The van der Waals surface area contributed by atoms with Crippen LogP contribution in [0.15, 0.2) is 36.7 Å². The number of hydrogen-bond acceptors (Lipinski definition) is 3. The number of aryl methyl sites for hydroxylation is 1. The molecular weight excluding hydrogens is 229 g/mol. The molecule has 1 N–H and O–H groups in total. The van der Waals surface area contributed by atoms with Gasteiger partial charge in [-0.05, 0) is 43.7 Å². The minimum atomic E-state index is -0.216. The summed E-state index contributed by atoms with van der Waals surface area (Å²) in [5, 5.41) is 3.16. The van der Waals surface area contributed by atoms with E-state index < -0.39 is 0 Å². The van der Waals surface area contributed by atoms with Crippen LogP contribution in [0.5, 0.6) is 0 Å². The molecule has 0 amide bonds. The van der Waals surface area contributed by atoms with Gasteiger partial charge in [0, 0.05) is 12.4 Å². The van der Waals surface area contributed by atoms with E-state index in [1.807, 2.05) is 20.0 Å². The monoisotopic (exact) mass is 245 g/mol. The Morgan fingerprint density at radius 2 is 2.00 bits per heavy atom. The van der Waals surface area contributed by atoms with Crippen molar-refractivity contribution in [3.05, 3.63) is 59.4 Å². The molecule has 0 saturated carbocycles. The second kappa shape index (κ2) is 5.69. The van der Waals surface area contributed by atoms with Crippen LogP contribution in [-0.4, -0.2) is 17.0 Å². The molecule has 0 spiro atoms. The first-order valence-electron chi connectivity index (χ1n) is 5.89. The normalized spacial score (nSPS) is 12.4. The van der Waals surface area contributed by atoms with Crippen molar-refractivity contribution in [3.63, 3.8) is 0 Å². The Bertz CT molecular complexity index is 511. The average Bonchev–Trinajstić information content (AvgIpc) is 2.37. The summed E-state index contributed by atoms with van der Waals surface area (Å²) in [6.45, 7) is 1.95. The van der Waals surface area contributed by atoms with Crippen molar-refractivity contribution in [1.82, 2.24) is 15.3 Å². The fourth-order valence-electron chi connectivity index (χ4n) is 1.80. The lowest BCUT2D eigenvalue weighted by Gasteiger charge is -2.14. The zero-order chi connectivity index (χ0) is 13.0. The van der Waals surface area contributed by atoms with Crippen molar-refractivity contribution >= 4 is 0 Å². The van der Waals surface area contributed by atoms with Gasteiger partial charge in [0.2, 0.25) is 0 Å². The molecule has 0 bridgehead atoms. The highest BCUT2D eigenvalue weighted by atomic mass is 19.1. The Hall–Kier alpha value is -1.81. The van der Waals surface area contributed by atoms with Crippen LogP contribution < -0.4 is 5.32 Å². The molecule has 2 rings (SSSR count). The van der Waals surface area contributed by atoms with Gasteiger partial charge >= 0.3 is 0 Å². The van der Waals surface area contributed by atoms with Crippen LogP contribution in [0.25, 0.3) is 0 Å². The van der Waals surface area contributed by atoms with Crippen molar-refractivity contribution in [2.24, 2.45) is 0 Å². The molecule has 2 aromatic rings. The lowest BCUT2D eigenvalue weighted by atomic mass is 10.1. The summed E-state index contributed by atoms with van der Waals surface area (Å²) in [6.07, 6.45) is 4.24. The van der Waals surface area contributed by atoms with E-state index in [0.29, 0.717) is 6.42 Å². The zero-order valence-electron chi connectivity index (χ0n) is 10.5. The standard InChI is InChI=1S/C14H16FN3/c1-10-8-17-14(18-9-10)13(16-2)7-11-4-3-5-12(15)6-11/h3-6,8-9,13,16H,7H2,1-2H3. The Kier molecular flexibility index (Phi) is 3.99. The molecule has 0 aliphatic carbocycles. The molecule has 0 fully saturated rings. The number of aromatic nitrogens is 2. The second-order valence-electron chi connectivity index (χ2n) is 4.29. The Labute approximate surface area is 106 Å². The number of nitrogens with one attached hydrogen (secondary N) is 1. The van der Waals surface area contributed by atoms with E-state index in [4.69, 9.17) is 0 Å². The zero-order valence-corrected chi connectivity index (χ0v) is 10.5. The third-order valence-electron chi connectivity index (χ3n) is 2.79. The summed E-state index contributed by atoms with van der Waals surface area (Å²) in [5.74, 6) is 0.513. The molecule has 0 aliphatic heterocycles. The van der Waals surface area contributed by atoms with Crippen molar-refractivity contribution in [1.29, 1.82) is 0 Å². The molecule has 0 saturated heterocycles. The number of benzene rings is 1. The van der Waals surface area contributed by atoms with Gasteiger partial charge in [0.05, 0.1) is 6.04 Å². The molecule has 1 aromatic carbocycles. The second-order valence-corrected chi connectivity index (χ2v) is 4.29. The largest absolute Gasteiger partial charge is 0.310 e. The molecular formula is C14H16FN3. The van der Waals surface area contributed by atoms with Gasteiger partial charge in [0.25, 0.3) is 0 Å². The third kappa shape index (κ3) is 3.11. The first-order valence-corrected chi connectivity index (χ1v) is 5.89. The van der Waals surface area contributed by atoms with Crippen molar-refractivity contribution in [3.8, 4) is 0 Å². The van der Waals surface area contributed by atoms with Gasteiger partial charge in [-0.15, -0.1) is 0 Å². The minimum absolute atomic E-state index is 0.00704. The molecule has 4 heteroatoms. The maximum atomic E-state index is 13.1. The topological polar surface area (TPSA) is 37.8 Å². The van der Waals surface area contributed by atoms with Crippen LogP contribution in [-0.2, 0) is 6.42 Å². The summed E-state index contributed by atoms with van der Waals surface area (Å²) >= 11 is 0. The van der Waals surface area contributed by atoms with Gasteiger partial charge in [0.1, 0.15) is 11.6 Å². The highest BCUT2D eigenvalue weighted by Crippen LogP contribution is 2.15. The number of rotatable bonds is 4. The molecule has 0 radical (unpaired) electrons. The number of likely N-dealkylation sites (N-methyl/N-ethyl adjacent to an activating group) is 1. The van der Waals surface area contributed by atoms with E-state index in [9.17, 15) is 4.39 Å². The molecule has 1 atom stereocenters. The first kappa shape index (κ1) is 12.6. The maximum absolute atomic E-state index is 13.1. The van der Waals surface area contributed by atoms with Gasteiger partial charge in [-0.1, -0.05) is 12.1 Å². The minimum Gasteiger partial charge on any atom is -0.310 e. The summed E-state index contributed by atoms with van der Waals surface area (Å²) in [5.41, 5.74) is 1.96. The van der Waals surface area contributed by atoms with E-state index in [1.165, 1.54) is 6.07 Å². The van der Waals surface area contributed by atoms with Gasteiger partial charge < -0.3 is 5.32 Å². The predicted octanol–water partition coefficient (Wildman–Crippen LogP) is 2.43. The highest BCUT2D eigenvalue weighted by molar-refractivity contribution is 5.19. The lowest BCUT2D eigenvalue weighted by Crippen LogP contribution is -2.21. The molecule has 1 heterocycles. The summed E-state index contributed by atoms with van der Waals surface area (Å²) in [4.78, 5) is 8.60. The van der Waals surface area contributed by atoms with E-state index in [0.717, 1.165) is 17.0 Å². The fourth-order valence-corrected chi connectivity index (χ4v) is 1.80. The van der Waals surface area contributed by atoms with Crippen LogP contribution in [0.3, 0.4) is 0 Å². The van der Waals surface area contributed by atoms with E-state index in [1.54, 1.807) is 24.5 Å². The lowest BCUT2D eigenvalue weighted by molar-refractivity contribution is 0.553. The van der Waals surface area contributed by atoms with E-state index in [-0.39, 0.29) is 11.9 Å². The molecule has 1 aromatic heterocycles. The van der Waals surface area contributed by atoms with Crippen LogP contribution >= 0.6 is 0 Å². The van der Waals surface area contributed by atoms with Gasteiger partial charge in [-0.25, -0.2) is 14.4 Å². The van der Waals surface area contributed by atoms with Crippen LogP contribution in [0.1, 0.15) is 23.0 Å². The van der Waals surface area contributed by atoms with Crippen molar-refractivity contribution < 1.29 is 4.39 Å². The third-order valence-corrected chi connectivity index (χ3v) is 2.79. The molecule has 94 valence electrons. The molecule has 3 nitrogen and oxygen atoms in total. The summed E-state index contributed by atoms with van der Waals surface area (Å²) in [6, 6.07) is 6.60. The highest BCUT2D eigenvalue weighted by Gasteiger charge is 2.13. The van der Waals surface area contributed by atoms with E-state index in [2.05, 4.69) is 15.3 Å². The summed E-state index contributed by atoms with van der Waals surface area (Å²) < 4.78 is 13.1. The fraction of sp³-hybridized carbons (Fsp3) is 0.286.